The van der Waals surface area contributed by atoms with Gasteiger partial charge in [-0.2, -0.15) is 0 Å². The quantitative estimate of drug-likeness (QED) is 0.250. The van der Waals surface area contributed by atoms with E-state index in [9.17, 15) is 9.59 Å². The van der Waals surface area contributed by atoms with Crippen molar-refractivity contribution in [2.75, 3.05) is 52.5 Å². The summed E-state index contributed by atoms with van der Waals surface area (Å²) in [5.74, 6) is 0.535. The number of ether oxygens (including phenoxy) is 1. The summed E-state index contributed by atoms with van der Waals surface area (Å²) in [7, 11) is 0. The predicted octanol–water partition coefficient (Wildman–Crippen LogP) is 5.06. The van der Waals surface area contributed by atoms with Crippen molar-refractivity contribution < 1.29 is 18.7 Å². The summed E-state index contributed by atoms with van der Waals surface area (Å²) in [4.78, 5) is 33.3. The molecule has 0 atom stereocenters. The first kappa shape index (κ1) is 29.6. The minimum atomic E-state index is -0.109. The zero-order chi connectivity index (χ0) is 28.0. The number of carbonyl (C=O) groups excluding carboxylic acids is 2. The average Bonchev–Trinajstić information content (AvgIpc) is 3.52. The predicted molar refractivity (Wildman–Crippen MR) is 157 cm³/mol. The van der Waals surface area contributed by atoms with E-state index in [1.165, 1.54) is 24.0 Å². The van der Waals surface area contributed by atoms with Crippen LogP contribution in [0, 0.1) is 0 Å². The van der Waals surface area contributed by atoms with Crippen molar-refractivity contribution in [3.63, 3.8) is 0 Å². The molecule has 214 valence electrons. The van der Waals surface area contributed by atoms with Gasteiger partial charge in [0.2, 0.25) is 5.91 Å². The number of nitrogens with zero attached hydrogens (tertiary/aromatic N) is 3. The van der Waals surface area contributed by atoms with E-state index in [0.717, 1.165) is 38.1 Å². The summed E-state index contributed by atoms with van der Waals surface area (Å²) in [5.41, 5.74) is 3.03. The second-order valence-electron chi connectivity index (χ2n) is 10.5. The Bertz CT molecular complexity index is 1140. The zero-order valence-electron chi connectivity index (χ0n) is 23.8. The second-order valence-corrected chi connectivity index (χ2v) is 10.5. The van der Waals surface area contributed by atoms with Crippen LogP contribution >= 0.6 is 0 Å². The van der Waals surface area contributed by atoms with E-state index in [1.807, 2.05) is 54.6 Å². The molecule has 2 amide bonds. The number of hydrogen-bond acceptors (Lipinski definition) is 5. The summed E-state index contributed by atoms with van der Waals surface area (Å²) in [6.07, 6.45) is 6.92. The van der Waals surface area contributed by atoms with Gasteiger partial charge in [-0.05, 0) is 54.7 Å². The van der Waals surface area contributed by atoms with Gasteiger partial charge in [0.1, 0.15) is 12.3 Å². The van der Waals surface area contributed by atoms with Crippen molar-refractivity contribution >= 4 is 11.8 Å². The SMILES string of the molecule is CCCCCc1ccc(C(=O)N(CCN2CCOCC2)CC(=O)N(CCc2ccccc2)Cc2ccco2)cc1. The number of unbranched alkanes of at least 4 members (excludes halogenated alkanes) is 2. The maximum atomic E-state index is 13.7. The van der Waals surface area contributed by atoms with E-state index in [-0.39, 0.29) is 18.4 Å². The third kappa shape index (κ3) is 9.35. The molecule has 1 fully saturated rings. The average molecular weight is 546 g/mol. The Hall–Kier alpha value is -3.42. The number of amides is 2. The van der Waals surface area contributed by atoms with Gasteiger partial charge in [0.05, 0.1) is 26.0 Å². The van der Waals surface area contributed by atoms with Gasteiger partial charge in [-0.15, -0.1) is 0 Å². The molecule has 0 saturated carbocycles. The van der Waals surface area contributed by atoms with Crippen LogP contribution in [-0.4, -0.2) is 79.0 Å². The van der Waals surface area contributed by atoms with E-state index in [2.05, 4.69) is 24.0 Å². The molecule has 0 N–H and O–H groups in total. The molecule has 0 unspecified atom stereocenters. The number of rotatable bonds is 15. The van der Waals surface area contributed by atoms with Crippen molar-refractivity contribution in [3.05, 3.63) is 95.4 Å². The summed E-state index contributed by atoms with van der Waals surface area (Å²) >= 11 is 0. The van der Waals surface area contributed by atoms with Crippen LogP contribution in [0.1, 0.15) is 53.4 Å². The van der Waals surface area contributed by atoms with Crippen LogP contribution in [-0.2, 0) is 28.9 Å². The van der Waals surface area contributed by atoms with Crippen LogP contribution in [0.4, 0.5) is 0 Å². The molecule has 0 bridgehead atoms. The second kappa shape index (κ2) is 16.0. The Morgan fingerprint density at radius 3 is 2.27 bits per heavy atom. The molecule has 2 heterocycles. The lowest BCUT2D eigenvalue weighted by molar-refractivity contribution is -0.132. The van der Waals surface area contributed by atoms with Crippen molar-refractivity contribution in [3.8, 4) is 0 Å². The maximum Gasteiger partial charge on any atom is 0.254 e. The van der Waals surface area contributed by atoms with Gasteiger partial charge in [0, 0.05) is 38.3 Å². The van der Waals surface area contributed by atoms with Gasteiger partial charge >= 0.3 is 0 Å². The topological polar surface area (TPSA) is 66.2 Å². The summed E-state index contributed by atoms with van der Waals surface area (Å²) < 4.78 is 11.1. The first-order chi connectivity index (χ1) is 19.6. The molecule has 7 nitrogen and oxygen atoms in total. The lowest BCUT2D eigenvalue weighted by Gasteiger charge is -2.31. The molecule has 2 aromatic carbocycles. The van der Waals surface area contributed by atoms with Crippen LogP contribution in [0.25, 0.3) is 0 Å². The van der Waals surface area contributed by atoms with Crippen molar-refractivity contribution in [2.45, 2.75) is 45.6 Å². The molecule has 1 aromatic heterocycles. The highest BCUT2D eigenvalue weighted by Crippen LogP contribution is 2.14. The minimum absolute atomic E-state index is 0.0247. The Morgan fingerprint density at radius 1 is 0.825 bits per heavy atom. The Morgan fingerprint density at radius 2 is 1.57 bits per heavy atom. The molecular formula is C33H43N3O4. The summed E-state index contributed by atoms with van der Waals surface area (Å²) in [6, 6.07) is 21.8. The smallest absolute Gasteiger partial charge is 0.254 e. The van der Waals surface area contributed by atoms with E-state index in [4.69, 9.17) is 9.15 Å². The van der Waals surface area contributed by atoms with Gasteiger partial charge in [0.15, 0.2) is 0 Å². The van der Waals surface area contributed by atoms with Crippen LogP contribution < -0.4 is 0 Å². The highest BCUT2D eigenvalue weighted by atomic mass is 16.5. The number of benzene rings is 2. The Balaban J connectivity index is 1.46. The molecule has 0 aliphatic carbocycles. The fourth-order valence-corrected chi connectivity index (χ4v) is 4.97. The monoisotopic (exact) mass is 545 g/mol. The Kier molecular flexibility index (Phi) is 11.8. The lowest BCUT2D eigenvalue weighted by Crippen LogP contribution is -2.47. The highest BCUT2D eigenvalue weighted by Gasteiger charge is 2.24. The molecule has 0 radical (unpaired) electrons. The first-order valence-electron chi connectivity index (χ1n) is 14.6. The highest BCUT2D eigenvalue weighted by molar-refractivity contribution is 5.96. The first-order valence-corrected chi connectivity index (χ1v) is 14.6. The molecule has 1 saturated heterocycles. The van der Waals surface area contributed by atoms with Crippen LogP contribution in [0.5, 0.6) is 0 Å². The summed E-state index contributed by atoms with van der Waals surface area (Å²) in [6.45, 7) is 7.40. The van der Waals surface area contributed by atoms with Crippen molar-refractivity contribution in [2.24, 2.45) is 0 Å². The third-order valence-corrected chi connectivity index (χ3v) is 7.47. The third-order valence-electron chi connectivity index (χ3n) is 7.47. The van der Waals surface area contributed by atoms with Crippen LogP contribution in [0.3, 0.4) is 0 Å². The maximum absolute atomic E-state index is 13.7. The normalized spacial score (nSPS) is 13.7. The minimum Gasteiger partial charge on any atom is -0.467 e. The number of carbonyl (C=O) groups is 2. The van der Waals surface area contributed by atoms with E-state index < -0.39 is 0 Å². The van der Waals surface area contributed by atoms with E-state index >= 15 is 0 Å². The fraction of sp³-hybridized carbons (Fsp3) is 0.455. The van der Waals surface area contributed by atoms with E-state index in [1.54, 1.807) is 16.1 Å². The number of furan rings is 1. The van der Waals surface area contributed by atoms with Gasteiger partial charge in [-0.3, -0.25) is 14.5 Å². The number of morpholine rings is 1. The molecule has 7 heteroatoms. The molecule has 1 aliphatic rings. The molecular weight excluding hydrogens is 502 g/mol. The Labute approximate surface area is 238 Å². The van der Waals surface area contributed by atoms with Gasteiger partial charge in [-0.25, -0.2) is 0 Å². The van der Waals surface area contributed by atoms with E-state index in [0.29, 0.717) is 45.0 Å². The fourth-order valence-electron chi connectivity index (χ4n) is 4.97. The molecule has 1 aliphatic heterocycles. The van der Waals surface area contributed by atoms with Gasteiger partial charge in [0.25, 0.3) is 5.91 Å². The number of aryl methyl sites for hydroxylation is 1. The van der Waals surface area contributed by atoms with Crippen LogP contribution in [0.15, 0.2) is 77.4 Å². The summed E-state index contributed by atoms with van der Waals surface area (Å²) in [5, 5.41) is 0. The largest absolute Gasteiger partial charge is 0.467 e. The zero-order valence-corrected chi connectivity index (χ0v) is 23.8. The van der Waals surface area contributed by atoms with Gasteiger partial charge < -0.3 is 19.0 Å². The molecule has 40 heavy (non-hydrogen) atoms. The van der Waals surface area contributed by atoms with Gasteiger partial charge in [-0.1, -0.05) is 62.2 Å². The standard InChI is InChI=1S/C33H43N3O4/c1-2-3-5-9-29-13-15-30(16-14-29)33(38)36(20-19-34-21-24-39-25-22-34)27-32(37)35(26-31-12-8-23-40-31)18-17-28-10-6-4-7-11-28/h4,6-8,10-16,23H,2-3,5,9,17-22,24-27H2,1H3. The molecule has 0 spiro atoms. The molecule has 3 aromatic rings. The van der Waals surface area contributed by atoms with Crippen LogP contribution in [0.2, 0.25) is 0 Å². The number of hydrogen-bond donors (Lipinski definition) is 0. The van der Waals surface area contributed by atoms with Crippen molar-refractivity contribution in [1.82, 2.24) is 14.7 Å². The lowest BCUT2D eigenvalue weighted by atomic mass is 10.0. The van der Waals surface area contributed by atoms with Crippen molar-refractivity contribution in [1.29, 1.82) is 0 Å². The molecule has 4 rings (SSSR count).